The topological polar surface area (TPSA) is 59.1 Å². The van der Waals surface area contributed by atoms with Crippen molar-refractivity contribution in [2.75, 3.05) is 10.6 Å². The van der Waals surface area contributed by atoms with Crippen LogP contribution in [0.4, 0.5) is 48.2 Å². The third-order valence-corrected chi connectivity index (χ3v) is 4.08. The Hall–Kier alpha value is -3.57. The van der Waals surface area contributed by atoms with Crippen LogP contribution in [0.2, 0.25) is 0 Å². The Morgan fingerprint density at radius 1 is 0.909 bits per heavy atom. The predicted molar refractivity (Wildman–Crippen MR) is 108 cm³/mol. The Kier molecular flexibility index (Phi) is 6.65. The van der Waals surface area contributed by atoms with Gasteiger partial charge >= 0.3 is 12.5 Å². The van der Waals surface area contributed by atoms with Crippen LogP contribution in [0.1, 0.15) is 19.4 Å². The number of anilines is 3. The highest BCUT2D eigenvalue weighted by Gasteiger charge is 2.35. The summed E-state index contributed by atoms with van der Waals surface area (Å²) in [5.74, 6) is -1.91. The van der Waals surface area contributed by atoms with Crippen molar-refractivity contribution in [2.45, 2.75) is 32.4 Å². The highest BCUT2D eigenvalue weighted by Crippen LogP contribution is 2.38. The van der Waals surface area contributed by atoms with Crippen LogP contribution in [-0.4, -0.2) is 22.4 Å². The number of aromatic nitrogens is 2. The molecule has 1 aromatic heterocycles. The first-order chi connectivity index (χ1) is 15.3. The van der Waals surface area contributed by atoms with Gasteiger partial charge in [-0.15, -0.1) is 13.2 Å². The molecule has 176 valence electrons. The van der Waals surface area contributed by atoms with E-state index in [4.69, 9.17) is 0 Å². The van der Waals surface area contributed by atoms with Crippen LogP contribution in [0, 0.1) is 5.82 Å². The molecular weight excluding hydrogens is 457 g/mol. The maximum Gasteiger partial charge on any atom is 0.573 e. The molecule has 3 aromatic rings. The van der Waals surface area contributed by atoms with E-state index >= 15 is 0 Å². The van der Waals surface area contributed by atoms with Gasteiger partial charge in [-0.25, -0.2) is 9.37 Å². The Morgan fingerprint density at radius 3 is 2.24 bits per heavy atom. The predicted octanol–water partition coefficient (Wildman–Crippen LogP) is 6.76. The summed E-state index contributed by atoms with van der Waals surface area (Å²) in [7, 11) is 0. The van der Waals surface area contributed by atoms with Crippen molar-refractivity contribution >= 4 is 17.5 Å². The first-order valence-electron chi connectivity index (χ1n) is 9.46. The number of alkyl halides is 6. The van der Waals surface area contributed by atoms with E-state index in [0.29, 0.717) is 6.07 Å². The second-order valence-electron chi connectivity index (χ2n) is 7.12. The first kappa shape index (κ1) is 24.1. The van der Waals surface area contributed by atoms with E-state index in [9.17, 15) is 30.7 Å². The summed E-state index contributed by atoms with van der Waals surface area (Å²) >= 11 is 0. The quantitative estimate of drug-likeness (QED) is 0.387. The van der Waals surface area contributed by atoms with Crippen LogP contribution in [0.3, 0.4) is 0 Å². The monoisotopic (exact) mass is 474 g/mol. The molecule has 0 saturated carbocycles. The van der Waals surface area contributed by atoms with Crippen molar-refractivity contribution < 1.29 is 35.5 Å². The lowest BCUT2D eigenvalue weighted by molar-refractivity contribution is -0.274. The molecule has 0 fully saturated rings. The van der Waals surface area contributed by atoms with Crippen LogP contribution < -0.4 is 15.4 Å². The number of hydrogen-bond acceptors (Lipinski definition) is 5. The van der Waals surface area contributed by atoms with E-state index in [1.807, 2.05) is 0 Å². The Morgan fingerprint density at radius 2 is 1.61 bits per heavy atom. The number of para-hydroxylation sites is 1. The van der Waals surface area contributed by atoms with E-state index in [0.717, 1.165) is 24.3 Å². The van der Waals surface area contributed by atoms with Crippen LogP contribution in [0.5, 0.6) is 5.75 Å². The van der Waals surface area contributed by atoms with Gasteiger partial charge in [0.05, 0.1) is 16.9 Å². The third-order valence-electron chi connectivity index (χ3n) is 4.08. The molecule has 0 bridgehead atoms. The molecule has 0 aliphatic carbocycles. The summed E-state index contributed by atoms with van der Waals surface area (Å²) in [4.78, 5) is 8.26. The normalized spacial score (nSPS) is 12.1. The van der Waals surface area contributed by atoms with Crippen LogP contribution in [0.15, 0.2) is 48.5 Å². The van der Waals surface area contributed by atoms with Gasteiger partial charge in [0.2, 0.25) is 5.95 Å². The minimum atomic E-state index is -4.92. The highest BCUT2D eigenvalue weighted by atomic mass is 19.4. The molecule has 33 heavy (non-hydrogen) atoms. The minimum absolute atomic E-state index is 0.0305. The maximum atomic E-state index is 14.3. The van der Waals surface area contributed by atoms with Crippen LogP contribution in [0.25, 0.3) is 11.3 Å². The van der Waals surface area contributed by atoms with Crippen molar-refractivity contribution in [3.05, 3.63) is 59.9 Å². The van der Waals surface area contributed by atoms with Crippen LogP contribution >= 0.6 is 0 Å². The number of benzene rings is 2. The fourth-order valence-electron chi connectivity index (χ4n) is 2.85. The molecule has 5 nitrogen and oxygen atoms in total. The van der Waals surface area contributed by atoms with Gasteiger partial charge in [-0.3, -0.25) is 0 Å². The Bertz CT molecular complexity index is 1130. The average Bonchev–Trinajstić information content (AvgIpc) is 2.67. The number of hydrogen-bond donors (Lipinski definition) is 2. The fraction of sp³-hybridized carbons (Fsp3) is 0.238. The second kappa shape index (κ2) is 9.12. The smallest absolute Gasteiger partial charge is 0.406 e. The number of nitrogens with zero attached hydrogens (tertiary/aromatic N) is 2. The summed E-state index contributed by atoms with van der Waals surface area (Å²) in [6.07, 6.45) is -9.76. The zero-order valence-electron chi connectivity index (χ0n) is 17.1. The van der Waals surface area contributed by atoms with Crippen LogP contribution in [-0.2, 0) is 6.18 Å². The van der Waals surface area contributed by atoms with Gasteiger partial charge in [-0.05, 0) is 38.1 Å². The molecule has 12 heteroatoms. The van der Waals surface area contributed by atoms with Crippen molar-refractivity contribution in [1.82, 2.24) is 9.97 Å². The SMILES string of the molecule is CC(C)Nc1nc(Nc2c(F)cccc2C(F)(F)F)cc(-c2cccc(OC(F)(F)F)c2)n1. The zero-order chi connectivity index (χ0) is 24.4. The summed E-state index contributed by atoms with van der Waals surface area (Å²) in [5, 5.41) is 5.19. The number of nitrogens with one attached hydrogen (secondary N) is 2. The largest absolute Gasteiger partial charge is 0.573 e. The molecule has 0 aliphatic heterocycles. The van der Waals surface area contributed by atoms with Gasteiger partial charge in [0, 0.05) is 17.7 Å². The van der Waals surface area contributed by atoms with Crippen molar-refractivity contribution in [2.24, 2.45) is 0 Å². The molecule has 0 spiro atoms. The Balaban J connectivity index is 2.07. The molecule has 0 saturated heterocycles. The molecule has 0 aliphatic rings. The lowest BCUT2D eigenvalue weighted by atomic mass is 10.1. The van der Waals surface area contributed by atoms with E-state index < -0.39 is 35.4 Å². The first-order valence-corrected chi connectivity index (χ1v) is 9.46. The third kappa shape index (κ3) is 6.46. The standard InChI is InChI=1S/C21H17F7N4O/c1-11(2)29-19-30-16(12-5-3-6-13(9-12)33-21(26,27)28)10-17(32-19)31-18-14(20(23,24)25)7-4-8-15(18)22/h3-11H,1-2H3,(H2,29,30,31,32). The number of halogens is 7. The molecule has 0 radical (unpaired) electrons. The van der Waals surface area contributed by atoms with E-state index in [1.165, 1.54) is 18.2 Å². The summed E-state index contributed by atoms with van der Waals surface area (Å²) in [6.45, 7) is 3.50. The summed E-state index contributed by atoms with van der Waals surface area (Å²) < 4.78 is 95.9. The lowest BCUT2D eigenvalue weighted by Gasteiger charge is -2.17. The summed E-state index contributed by atoms with van der Waals surface area (Å²) in [6, 6.07) is 8.34. The van der Waals surface area contributed by atoms with Gasteiger partial charge in [0.25, 0.3) is 0 Å². The Labute approximate surface area is 183 Å². The van der Waals surface area contributed by atoms with E-state index in [1.54, 1.807) is 13.8 Å². The second-order valence-corrected chi connectivity index (χ2v) is 7.12. The fourth-order valence-corrected chi connectivity index (χ4v) is 2.85. The van der Waals surface area contributed by atoms with Crippen molar-refractivity contribution in [1.29, 1.82) is 0 Å². The van der Waals surface area contributed by atoms with Gasteiger partial charge in [-0.2, -0.15) is 18.2 Å². The molecular formula is C21H17F7N4O. The molecule has 1 heterocycles. The van der Waals surface area contributed by atoms with Gasteiger partial charge in [0.1, 0.15) is 17.4 Å². The minimum Gasteiger partial charge on any atom is -0.406 e. The average molecular weight is 474 g/mol. The van der Waals surface area contributed by atoms with E-state index in [2.05, 4.69) is 25.3 Å². The molecule has 0 atom stereocenters. The van der Waals surface area contributed by atoms with Gasteiger partial charge < -0.3 is 15.4 Å². The molecule has 2 N–H and O–H groups in total. The van der Waals surface area contributed by atoms with Gasteiger partial charge in [0.15, 0.2) is 0 Å². The molecule has 0 amide bonds. The number of ether oxygens (including phenoxy) is 1. The molecule has 0 unspecified atom stereocenters. The highest BCUT2D eigenvalue weighted by molar-refractivity contribution is 5.70. The molecule has 3 rings (SSSR count). The molecule has 2 aromatic carbocycles. The van der Waals surface area contributed by atoms with Crippen molar-refractivity contribution in [3.63, 3.8) is 0 Å². The summed E-state index contributed by atoms with van der Waals surface area (Å²) in [5.41, 5.74) is -1.87. The van der Waals surface area contributed by atoms with E-state index in [-0.39, 0.29) is 29.1 Å². The maximum absolute atomic E-state index is 14.3. The van der Waals surface area contributed by atoms with Crippen molar-refractivity contribution in [3.8, 4) is 17.0 Å². The number of rotatable bonds is 6. The zero-order valence-corrected chi connectivity index (χ0v) is 17.1. The lowest BCUT2D eigenvalue weighted by Crippen LogP contribution is -2.17. The van der Waals surface area contributed by atoms with Gasteiger partial charge in [-0.1, -0.05) is 18.2 Å².